The van der Waals surface area contributed by atoms with Crippen molar-refractivity contribution in [3.05, 3.63) is 29.8 Å². The van der Waals surface area contributed by atoms with E-state index >= 15 is 0 Å². The topological polar surface area (TPSA) is 68.3 Å². The molecule has 1 heterocycles. The largest absolute Gasteiger partial charge is 0.469 e. The molecule has 1 amide bonds. The third-order valence-corrected chi connectivity index (χ3v) is 2.53. The molecule has 6 heteroatoms. The van der Waals surface area contributed by atoms with Gasteiger partial charge in [0.05, 0.1) is 13.3 Å². The molecule has 0 spiro atoms. The predicted molar refractivity (Wildman–Crippen MR) is 67.0 cm³/mol. The first-order valence-corrected chi connectivity index (χ1v) is 6.10. The summed E-state index contributed by atoms with van der Waals surface area (Å²) in [6.45, 7) is 0.499. The molecule has 0 fully saturated rings. The van der Waals surface area contributed by atoms with E-state index in [9.17, 15) is 14.0 Å². The van der Waals surface area contributed by atoms with Crippen LogP contribution in [0, 0.1) is 5.82 Å². The van der Waals surface area contributed by atoms with Crippen molar-refractivity contribution < 1.29 is 18.7 Å². The predicted octanol–water partition coefficient (Wildman–Crippen LogP) is 1.68. The zero-order valence-electron chi connectivity index (χ0n) is 10.8. The van der Waals surface area contributed by atoms with Crippen LogP contribution in [0.1, 0.15) is 36.2 Å². The van der Waals surface area contributed by atoms with Gasteiger partial charge in [-0.3, -0.25) is 9.59 Å². The molecule has 19 heavy (non-hydrogen) atoms. The summed E-state index contributed by atoms with van der Waals surface area (Å²) >= 11 is 0. The molecule has 1 N–H and O–H groups in total. The number of unbranched alkanes of at least 4 members (excludes halogenated alkanes) is 2. The molecule has 0 aromatic carbocycles. The number of pyridine rings is 1. The summed E-state index contributed by atoms with van der Waals surface area (Å²) in [5.74, 6) is -1.02. The van der Waals surface area contributed by atoms with E-state index < -0.39 is 5.82 Å². The van der Waals surface area contributed by atoms with Gasteiger partial charge >= 0.3 is 5.97 Å². The number of nitrogens with zero attached hydrogens (tertiary/aromatic N) is 1. The Kier molecular flexibility index (Phi) is 6.49. The van der Waals surface area contributed by atoms with E-state index in [1.54, 1.807) is 0 Å². The first kappa shape index (κ1) is 15.1. The van der Waals surface area contributed by atoms with Crippen LogP contribution in [0.4, 0.5) is 4.39 Å². The maximum absolute atomic E-state index is 12.6. The standard InChI is InChI=1S/C13H17FN2O3/c1-19-12(17)5-3-2-4-8-15-13(18)11-7-6-10(14)9-16-11/h6-7,9H,2-5,8H2,1H3,(H,15,18). The number of methoxy groups -OCH3 is 1. The highest BCUT2D eigenvalue weighted by Crippen LogP contribution is 2.01. The normalized spacial score (nSPS) is 10.0. The molecule has 0 unspecified atom stereocenters. The van der Waals surface area contributed by atoms with Gasteiger partial charge < -0.3 is 10.1 Å². The summed E-state index contributed by atoms with van der Waals surface area (Å²) in [4.78, 5) is 26.1. The minimum atomic E-state index is -0.473. The molecule has 1 rings (SSSR count). The molecular weight excluding hydrogens is 251 g/mol. The molecule has 0 atom stereocenters. The molecule has 104 valence electrons. The van der Waals surface area contributed by atoms with Crippen molar-refractivity contribution in [2.24, 2.45) is 0 Å². The van der Waals surface area contributed by atoms with Crippen molar-refractivity contribution in [2.45, 2.75) is 25.7 Å². The minimum absolute atomic E-state index is 0.191. The van der Waals surface area contributed by atoms with Crippen molar-refractivity contribution in [3.63, 3.8) is 0 Å². The third-order valence-electron chi connectivity index (χ3n) is 2.53. The zero-order valence-corrected chi connectivity index (χ0v) is 10.8. The summed E-state index contributed by atoms with van der Waals surface area (Å²) in [5.41, 5.74) is 0.191. The van der Waals surface area contributed by atoms with E-state index in [-0.39, 0.29) is 17.6 Å². The number of esters is 1. The quantitative estimate of drug-likeness (QED) is 0.603. The van der Waals surface area contributed by atoms with Gasteiger partial charge in [0.25, 0.3) is 5.91 Å². The maximum Gasteiger partial charge on any atom is 0.305 e. The number of halogens is 1. The summed E-state index contributed by atoms with van der Waals surface area (Å²) in [6.07, 6.45) is 3.72. The van der Waals surface area contributed by atoms with E-state index in [1.807, 2.05) is 0 Å². The summed E-state index contributed by atoms with van der Waals surface area (Å²) < 4.78 is 17.1. The smallest absolute Gasteiger partial charge is 0.305 e. The van der Waals surface area contributed by atoms with E-state index in [0.717, 1.165) is 25.5 Å². The van der Waals surface area contributed by atoms with Crippen molar-refractivity contribution in [2.75, 3.05) is 13.7 Å². The van der Waals surface area contributed by atoms with Crippen LogP contribution in [-0.4, -0.2) is 30.5 Å². The van der Waals surface area contributed by atoms with Crippen LogP contribution >= 0.6 is 0 Å². The Bertz CT molecular complexity index is 420. The monoisotopic (exact) mass is 268 g/mol. The van der Waals surface area contributed by atoms with Gasteiger partial charge in [-0.15, -0.1) is 0 Å². The van der Waals surface area contributed by atoms with Crippen LogP contribution in [0.2, 0.25) is 0 Å². The van der Waals surface area contributed by atoms with Crippen LogP contribution in [0.5, 0.6) is 0 Å². The lowest BCUT2D eigenvalue weighted by molar-refractivity contribution is -0.140. The SMILES string of the molecule is COC(=O)CCCCCNC(=O)c1ccc(F)cn1. The molecule has 0 radical (unpaired) electrons. The van der Waals surface area contributed by atoms with E-state index in [0.29, 0.717) is 13.0 Å². The van der Waals surface area contributed by atoms with Crippen LogP contribution in [-0.2, 0) is 9.53 Å². The van der Waals surface area contributed by atoms with Gasteiger partial charge in [-0.25, -0.2) is 9.37 Å². The molecule has 0 saturated carbocycles. The fourth-order valence-electron chi connectivity index (χ4n) is 1.48. The van der Waals surface area contributed by atoms with Gasteiger partial charge in [0, 0.05) is 13.0 Å². The highest BCUT2D eigenvalue weighted by Gasteiger charge is 2.06. The van der Waals surface area contributed by atoms with Gasteiger partial charge in [-0.1, -0.05) is 6.42 Å². The lowest BCUT2D eigenvalue weighted by Gasteiger charge is -2.04. The Morgan fingerprint density at radius 3 is 2.74 bits per heavy atom. The van der Waals surface area contributed by atoms with Gasteiger partial charge in [0.2, 0.25) is 0 Å². The molecule has 0 aliphatic heterocycles. The maximum atomic E-state index is 12.6. The second-order valence-electron chi connectivity index (χ2n) is 4.00. The summed E-state index contributed by atoms with van der Waals surface area (Å²) in [5, 5.41) is 2.68. The molecular formula is C13H17FN2O3. The number of hydrogen-bond donors (Lipinski definition) is 1. The van der Waals surface area contributed by atoms with Crippen LogP contribution < -0.4 is 5.32 Å². The van der Waals surface area contributed by atoms with Crippen molar-refractivity contribution in [1.29, 1.82) is 0 Å². The molecule has 0 aliphatic carbocycles. The Balaban J connectivity index is 2.14. The number of ether oxygens (including phenoxy) is 1. The Morgan fingerprint density at radius 1 is 1.32 bits per heavy atom. The van der Waals surface area contributed by atoms with Crippen LogP contribution in [0.25, 0.3) is 0 Å². The molecule has 1 aromatic heterocycles. The lowest BCUT2D eigenvalue weighted by Crippen LogP contribution is -2.25. The average Bonchev–Trinajstić information content (AvgIpc) is 2.42. The fraction of sp³-hybridized carbons (Fsp3) is 0.462. The van der Waals surface area contributed by atoms with Crippen LogP contribution in [0.3, 0.4) is 0 Å². The third kappa shape index (κ3) is 5.94. The van der Waals surface area contributed by atoms with Gasteiger partial charge in [0.1, 0.15) is 11.5 Å². The molecule has 0 aliphatic rings. The van der Waals surface area contributed by atoms with Gasteiger partial charge in [0.15, 0.2) is 0 Å². The lowest BCUT2D eigenvalue weighted by atomic mass is 10.2. The summed E-state index contributed by atoms with van der Waals surface area (Å²) in [7, 11) is 1.36. The first-order chi connectivity index (χ1) is 9.13. The van der Waals surface area contributed by atoms with E-state index in [1.165, 1.54) is 19.2 Å². The highest BCUT2D eigenvalue weighted by atomic mass is 19.1. The molecule has 0 saturated heterocycles. The second kappa shape index (κ2) is 8.18. The number of rotatable bonds is 7. The fourth-order valence-corrected chi connectivity index (χ4v) is 1.48. The Labute approximate surface area is 111 Å². The average molecular weight is 268 g/mol. The Hall–Kier alpha value is -1.98. The summed E-state index contributed by atoms with van der Waals surface area (Å²) in [6, 6.07) is 2.53. The number of carbonyl (C=O) groups excluding carboxylic acids is 2. The number of hydrogen-bond acceptors (Lipinski definition) is 4. The van der Waals surface area contributed by atoms with Gasteiger partial charge in [-0.05, 0) is 25.0 Å². The van der Waals surface area contributed by atoms with Crippen molar-refractivity contribution in [1.82, 2.24) is 10.3 Å². The molecule has 5 nitrogen and oxygen atoms in total. The number of nitrogens with one attached hydrogen (secondary N) is 1. The number of carbonyl (C=O) groups is 2. The first-order valence-electron chi connectivity index (χ1n) is 6.10. The van der Waals surface area contributed by atoms with Crippen molar-refractivity contribution >= 4 is 11.9 Å². The molecule has 1 aromatic rings. The zero-order chi connectivity index (χ0) is 14.1. The van der Waals surface area contributed by atoms with E-state index in [4.69, 9.17) is 0 Å². The Morgan fingerprint density at radius 2 is 2.11 bits per heavy atom. The number of aromatic nitrogens is 1. The number of amides is 1. The van der Waals surface area contributed by atoms with E-state index in [2.05, 4.69) is 15.0 Å². The molecule has 0 bridgehead atoms. The highest BCUT2D eigenvalue weighted by molar-refractivity contribution is 5.92. The van der Waals surface area contributed by atoms with Crippen LogP contribution in [0.15, 0.2) is 18.3 Å². The minimum Gasteiger partial charge on any atom is -0.469 e. The second-order valence-corrected chi connectivity index (χ2v) is 4.00. The van der Waals surface area contributed by atoms with Crippen molar-refractivity contribution in [3.8, 4) is 0 Å². The van der Waals surface area contributed by atoms with Gasteiger partial charge in [-0.2, -0.15) is 0 Å².